The average Bonchev–Trinajstić information content (AvgIpc) is 2.76. The number of benzene rings is 1. The van der Waals surface area contributed by atoms with Crippen molar-refractivity contribution in [1.82, 2.24) is 0 Å². The number of hydrogen-bond donors (Lipinski definition) is 1. The number of amides is 1. The maximum Gasteiger partial charge on any atom is 0.415 e. The Labute approximate surface area is 121 Å². The van der Waals surface area contributed by atoms with Crippen molar-refractivity contribution in [3.05, 3.63) is 30.1 Å². The third-order valence-corrected chi connectivity index (χ3v) is 4.36. The average molecular weight is 293 g/mol. The molecule has 1 spiro atoms. The zero-order valence-electron chi connectivity index (χ0n) is 11.4. The number of ether oxygens (including phenoxy) is 1. The van der Waals surface area contributed by atoms with Gasteiger partial charge in [-0.2, -0.15) is 0 Å². The predicted molar refractivity (Wildman–Crippen MR) is 72.6 cm³/mol. The van der Waals surface area contributed by atoms with Crippen molar-refractivity contribution in [1.29, 1.82) is 0 Å². The van der Waals surface area contributed by atoms with Gasteiger partial charge in [-0.15, -0.1) is 0 Å². The molecule has 0 unspecified atom stereocenters. The highest BCUT2D eigenvalue weighted by atomic mass is 19.1. The van der Waals surface area contributed by atoms with Crippen LogP contribution in [0.2, 0.25) is 0 Å². The molecule has 1 amide bonds. The van der Waals surface area contributed by atoms with Crippen molar-refractivity contribution in [3.63, 3.8) is 0 Å². The summed E-state index contributed by atoms with van der Waals surface area (Å²) in [5.41, 5.74) is -0.467. The summed E-state index contributed by atoms with van der Waals surface area (Å²) in [6.45, 7) is 0.277. The van der Waals surface area contributed by atoms with Gasteiger partial charge in [-0.05, 0) is 37.8 Å². The van der Waals surface area contributed by atoms with Gasteiger partial charge in [-0.25, -0.2) is 9.18 Å². The summed E-state index contributed by atoms with van der Waals surface area (Å²) in [6.07, 6.45) is 1.40. The van der Waals surface area contributed by atoms with Crippen LogP contribution in [0.3, 0.4) is 0 Å². The molecule has 1 saturated carbocycles. The van der Waals surface area contributed by atoms with Crippen molar-refractivity contribution in [2.75, 3.05) is 11.4 Å². The topological polar surface area (TPSA) is 66.8 Å². The number of carboxylic acids is 1. The summed E-state index contributed by atoms with van der Waals surface area (Å²) in [7, 11) is 0. The first kappa shape index (κ1) is 13.9. The minimum absolute atomic E-state index is 0.208. The quantitative estimate of drug-likeness (QED) is 0.910. The lowest BCUT2D eigenvalue weighted by atomic mass is 9.79. The van der Waals surface area contributed by atoms with Gasteiger partial charge in [-0.3, -0.25) is 9.69 Å². The summed E-state index contributed by atoms with van der Waals surface area (Å²) >= 11 is 0. The van der Waals surface area contributed by atoms with E-state index in [4.69, 9.17) is 9.84 Å². The number of para-hydroxylation sites is 1. The molecule has 3 rings (SSSR count). The highest BCUT2D eigenvalue weighted by molar-refractivity contribution is 5.90. The number of carbonyl (C=O) groups excluding carboxylic acids is 1. The molecule has 1 aliphatic carbocycles. The van der Waals surface area contributed by atoms with Gasteiger partial charge in [0.2, 0.25) is 0 Å². The van der Waals surface area contributed by atoms with Crippen molar-refractivity contribution in [2.45, 2.75) is 31.3 Å². The first-order chi connectivity index (χ1) is 10.0. The maximum absolute atomic E-state index is 13.8. The van der Waals surface area contributed by atoms with Crippen LogP contribution in [0.4, 0.5) is 14.9 Å². The van der Waals surface area contributed by atoms with Crippen LogP contribution in [-0.4, -0.2) is 29.3 Å². The lowest BCUT2D eigenvalue weighted by molar-refractivity contribution is -0.144. The minimum Gasteiger partial charge on any atom is -0.481 e. The molecule has 0 bridgehead atoms. The SMILES string of the molecule is O=C1O[C@]2(CC[C@H](C(=O)O)CC2)CN1c1ccccc1F. The fraction of sp³-hybridized carbons (Fsp3) is 0.467. The Morgan fingerprint density at radius 3 is 2.62 bits per heavy atom. The summed E-state index contributed by atoms with van der Waals surface area (Å²) in [5, 5.41) is 9.02. The summed E-state index contributed by atoms with van der Waals surface area (Å²) in [6, 6.07) is 6.07. The van der Waals surface area contributed by atoms with Crippen LogP contribution in [0.5, 0.6) is 0 Å². The molecular formula is C15H16FNO4. The first-order valence-corrected chi connectivity index (χ1v) is 6.99. The molecule has 1 saturated heterocycles. The van der Waals surface area contributed by atoms with Crippen LogP contribution < -0.4 is 4.90 Å². The third kappa shape index (κ3) is 2.46. The monoisotopic (exact) mass is 293 g/mol. The van der Waals surface area contributed by atoms with E-state index in [1.54, 1.807) is 18.2 Å². The van der Waals surface area contributed by atoms with Crippen molar-refractivity contribution in [3.8, 4) is 0 Å². The second-order valence-electron chi connectivity index (χ2n) is 5.70. The molecule has 112 valence electrons. The standard InChI is InChI=1S/C15H16FNO4/c16-11-3-1-2-4-12(11)17-9-15(21-14(17)20)7-5-10(6-8-15)13(18)19/h1-4,10H,5-9H2,(H,18,19)/t10-,15-. The molecule has 2 fully saturated rings. The van der Waals surface area contributed by atoms with E-state index in [-0.39, 0.29) is 18.2 Å². The molecular weight excluding hydrogens is 277 g/mol. The molecule has 5 nitrogen and oxygen atoms in total. The van der Waals surface area contributed by atoms with E-state index in [1.165, 1.54) is 11.0 Å². The van der Waals surface area contributed by atoms with Crippen molar-refractivity contribution >= 4 is 17.7 Å². The Morgan fingerprint density at radius 2 is 2.00 bits per heavy atom. The van der Waals surface area contributed by atoms with Gasteiger partial charge >= 0.3 is 12.1 Å². The van der Waals surface area contributed by atoms with E-state index in [0.29, 0.717) is 25.7 Å². The Kier molecular flexibility index (Phi) is 3.31. The molecule has 2 aliphatic rings. The fourth-order valence-corrected chi connectivity index (χ4v) is 3.13. The van der Waals surface area contributed by atoms with Gasteiger partial charge in [0.05, 0.1) is 18.2 Å². The Hall–Kier alpha value is -2.11. The van der Waals surface area contributed by atoms with E-state index >= 15 is 0 Å². The Bertz CT molecular complexity index is 581. The van der Waals surface area contributed by atoms with Gasteiger partial charge in [0.25, 0.3) is 0 Å². The second kappa shape index (κ2) is 5.02. The molecule has 0 radical (unpaired) electrons. The lowest BCUT2D eigenvalue weighted by Crippen LogP contribution is -2.40. The highest BCUT2D eigenvalue weighted by Gasteiger charge is 2.48. The zero-order valence-corrected chi connectivity index (χ0v) is 11.4. The van der Waals surface area contributed by atoms with Gasteiger partial charge < -0.3 is 9.84 Å². The lowest BCUT2D eigenvalue weighted by Gasteiger charge is -2.33. The van der Waals surface area contributed by atoms with Crippen LogP contribution in [0.25, 0.3) is 0 Å². The van der Waals surface area contributed by atoms with Gasteiger partial charge in [0.1, 0.15) is 11.4 Å². The summed E-state index contributed by atoms with van der Waals surface area (Å²) in [5.74, 6) is -1.65. The van der Waals surface area contributed by atoms with Crippen LogP contribution in [-0.2, 0) is 9.53 Å². The normalized spacial score (nSPS) is 28.7. The summed E-state index contributed by atoms with van der Waals surface area (Å²) < 4.78 is 19.3. The summed E-state index contributed by atoms with van der Waals surface area (Å²) in [4.78, 5) is 24.3. The second-order valence-corrected chi connectivity index (χ2v) is 5.70. The maximum atomic E-state index is 13.8. The van der Waals surface area contributed by atoms with E-state index in [1.807, 2.05) is 0 Å². The number of carboxylic acid groups (broad SMARTS) is 1. The van der Waals surface area contributed by atoms with Crippen LogP contribution in [0.15, 0.2) is 24.3 Å². The number of carbonyl (C=O) groups is 2. The number of rotatable bonds is 2. The number of hydrogen-bond acceptors (Lipinski definition) is 3. The van der Waals surface area contributed by atoms with E-state index in [9.17, 15) is 14.0 Å². The number of halogens is 1. The number of aliphatic carboxylic acids is 1. The molecule has 1 aromatic rings. The predicted octanol–water partition coefficient (Wildman–Crippen LogP) is 2.80. The molecule has 1 aliphatic heterocycles. The van der Waals surface area contributed by atoms with E-state index in [0.717, 1.165) is 0 Å². The molecule has 6 heteroatoms. The fourth-order valence-electron chi connectivity index (χ4n) is 3.13. The van der Waals surface area contributed by atoms with Crippen molar-refractivity contribution < 1.29 is 23.8 Å². The molecule has 0 atom stereocenters. The molecule has 0 aromatic heterocycles. The number of anilines is 1. The molecule has 1 heterocycles. The van der Waals surface area contributed by atoms with E-state index in [2.05, 4.69) is 0 Å². The Balaban J connectivity index is 1.77. The Morgan fingerprint density at radius 1 is 1.33 bits per heavy atom. The van der Waals surface area contributed by atoms with Crippen LogP contribution in [0.1, 0.15) is 25.7 Å². The van der Waals surface area contributed by atoms with Crippen LogP contribution in [0, 0.1) is 11.7 Å². The number of nitrogens with zero attached hydrogens (tertiary/aromatic N) is 1. The van der Waals surface area contributed by atoms with Crippen molar-refractivity contribution in [2.24, 2.45) is 5.92 Å². The minimum atomic E-state index is -0.805. The highest BCUT2D eigenvalue weighted by Crippen LogP contribution is 2.41. The smallest absolute Gasteiger partial charge is 0.415 e. The van der Waals surface area contributed by atoms with Crippen LogP contribution >= 0.6 is 0 Å². The first-order valence-electron chi connectivity index (χ1n) is 6.99. The largest absolute Gasteiger partial charge is 0.481 e. The van der Waals surface area contributed by atoms with E-state index < -0.39 is 23.5 Å². The van der Waals surface area contributed by atoms with Gasteiger partial charge in [0, 0.05) is 0 Å². The molecule has 21 heavy (non-hydrogen) atoms. The molecule has 1 N–H and O–H groups in total. The third-order valence-electron chi connectivity index (χ3n) is 4.36. The van der Waals surface area contributed by atoms with Gasteiger partial charge in [-0.1, -0.05) is 12.1 Å². The molecule has 1 aromatic carbocycles. The van der Waals surface area contributed by atoms with Gasteiger partial charge in [0.15, 0.2) is 0 Å². The zero-order chi connectivity index (χ0) is 15.0.